The van der Waals surface area contributed by atoms with Gasteiger partial charge in [0.05, 0.1) is 0 Å². The van der Waals surface area contributed by atoms with Crippen LogP contribution in [0.4, 0.5) is 4.39 Å². The van der Waals surface area contributed by atoms with Crippen molar-refractivity contribution in [1.29, 1.82) is 0 Å². The van der Waals surface area contributed by atoms with Gasteiger partial charge in [-0.1, -0.05) is 0 Å². The fraction of sp³-hybridized carbons (Fsp3) is 0.0833. The standard InChI is InChI=1S/C12H8BrFN4O2/c1-18-10-8(11(19)17-12(18)20)15-9(16-10)6-3-2-5(14)4-7(6)13/h2-4H,1H3,(H,15,16)(H,17,19,20). The Hall–Kier alpha value is -2.22. The van der Waals surface area contributed by atoms with Crippen molar-refractivity contribution in [2.75, 3.05) is 0 Å². The number of nitrogens with one attached hydrogen (secondary N) is 2. The minimum absolute atomic E-state index is 0.193. The number of benzene rings is 1. The Morgan fingerprint density at radius 3 is 2.75 bits per heavy atom. The van der Waals surface area contributed by atoms with Crippen LogP contribution in [0.1, 0.15) is 0 Å². The third-order valence-corrected chi connectivity index (χ3v) is 3.60. The molecule has 0 unspecified atom stereocenters. The first-order valence-electron chi connectivity index (χ1n) is 5.62. The number of H-pyrrole nitrogens is 2. The fourth-order valence-corrected chi connectivity index (χ4v) is 2.45. The van der Waals surface area contributed by atoms with Crippen molar-refractivity contribution in [1.82, 2.24) is 19.5 Å². The Kier molecular flexibility index (Phi) is 2.82. The summed E-state index contributed by atoms with van der Waals surface area (Å²) in [7, 11) is 1.50. The van der Waals surface area contributed by atoms with Crippen molar-refractivity contribution in [2.24, 2.45) is 7.05 Å². The summed E-state index contributed by atoms with van der Waals surface area (Å²) in [6.07, 6.45) is 0. The molecule has 0 aliphatic carbocycles. The predicted molar refractivity (Wildman–Crippen MR) is 75.0 cm³/mol. The third-order valence-electron chi connectivity index (χ3n) is 2.94. The molecule has 0 aliphatic rings. The predicted octanol–water partition coefficient (Wildman–Crippen LogP) is 1.52. The number of halogens is 2. The molecule has 0 spiro atoms. The van der Waals surface area contributed by atoms with Gasteiger partial charge in [-0.25, -0.2) is 14.2 Å². The van der Waals surface area contributed by atoms with Crippen molar-refractivity contribution in [3.05, 3.63) is 49.3 Å². The SMILES string of the molecule is Cn1c(=O)[nH]c(=O)c2[nH]c(-c3ccc(F)cc3Br)nc21. The molecule has 0 amide bonds. The van der Waals surface area contributed by atoms with E-state index in [-0.39, 0.29) is 17.0 Å². The summed E-state index contributed by atoms with van der Waals surface area (Å²) < 4.78 is 14.8. The molecule has 1 aromatic carbocycles. The lowest BCUT2D eigenvalue weighted by Gasteiger charge is -2.00. The van der Waals surface area contributed by atoms with Gasteiger partial charge in [0.1, 0.15) is 17.2 Å². The van der Waals surface area contributed by atoms with Crippen LogP contribution in [-0.2, 0) is 7.05 Å². The maximum Gasteiger partial charge on any atom is 0.329 e. The number of aromatic nitrogens is 4. The first-order chi connectivity index (χ1) is 9.47. The van der Waals surface area contributed by atoms with E-state index in [1.54, 1.807) is 0 Å². The molecule has 3 rings (SSSR count). The smallest absolute Gasteiger partial charge is 0.329 e. The number of fused-ring (bicyclic) bond motifs is 1. The largest absolute Gasteiger partial charge is 0.332 e. The number of hydrogen-bond acceptors (Lipinski definition) is 3. The number of aromatic amines is 2. The van der Waals surface area contributed by atoms with Gasteiger partial charge < -0.3 is 4.98 Å². The molecule has 0 saturated carbocycles. The van der Waals surface area contributed by atoms with Gasteiger partial charge in [0, 0.05) is 17.1 Å². The summed E-state index contributed by atoms with van der Waals surface area (Å²) in [4.78, 5) is 32.5. The van der Waals surface area contributed by atoms with E-state index in [4.69, 9.17) is 0 Å². The van der Waals surface area contributed by atoms with Crippen LogP contribution in [-0.4, -0.2) is 19.5 Å². The maximum atomic E-state index is 13.1. The summed E-state index contributed by atoms with van der Waals surface area (Å²) in [6.45, 7) is 0. The lowest BCUT2D eigenvalue weighted by atomic mass is 10.2. The molecule has 0 atom stereocenters. The molecule has 2 heterocycles. The van der Waals surface area contributed by atoms with E-state index in [2.05, 4.69) is 30.9 Å². The Morgan fingerprint density at radius 1 is 1.30 bits per heavy atom. The summed E-state index contributed by atoms with van der Waals surface area (Å²) in [6, 6.07) is 4.12. The second-order valence-electron chi connectivity index (χ2n) is 4.23. The van der Waals surface area contributed by atoms with Gasteiger partial charge in [-0.15, -0.1) is 0 Å². The van der Waals surface area contributed by atoms with Crippen molar-refractivity contribution < 1.29 is 4.39 Å². The molecule has 102 valence electrons. The molecule has 0 saturated heterocycles. The Bertz CT molecular complexity index is 941. The molecule has 6 nitrogen and oxygen atoms in total. The number of hydrogen-bond donors (Lipinski definition) is 2. The zero-order valence-corrected chi connectivity index (χ0v) is 11.8. The minimum atomic E-state index is -0.543. The quantitative estimate of drug-likeness (QED) is 0.705. The monoisotopic (exact) mass is 338 g/mol. The number of rotatable bonds is 1. The van der Waals surface area contributed by atoms with E-state index in [0.717, 1.165) is 0 Å². The highest BCUT2D eigenvalue weighted by molar-refractivity contribution is 9.10. The van der Waals surface area contributed by atoms with Crippen LogP contribution in [0.25, 0.3) is 22.6 Å². The highest BCUT2D eigenvalue weighted by Gasteiger charge is 2.14. The Balaban J connectivity index is 2.34. The van der Waals surface area contributed by atoms with E-state index in [1.807, 2.05) is 0 Å². The van der Waals surface area contributed by atoms with Crippen molar-refractivity contribution in [3.8, 4) is 11.4 Å². The minimum Gasteiger partial charge on any atom is -0.332 e. The van der Waals surface area contributed by atoms with Gasteiger partial charge in [0.15, 0.2) is 5.65 Å². The molecule has 0 aliphatic heterocycles. The van der Waals surface area contributed by atoms with Gasteiger partial charge in [0.2, 0.25) is 0 Å². The number of aryl methyl sites for hydroxylation is 1. The molecule has 0 radical (unpaired) electrons. The lowest BCUT2D eigenvalue weighted by Crippen LogP contribution is -2.28. The number of imidazole rings is 1. The molecule has 0 bridgehead atoms. The summed E-state index contributed by atoms with van der Waals surface area (Å²) in [5.41, 5.74) is -0.0587. The van der Waals surface area contributed by atoms with Crippen LogP contribution in [0, 0.1) is 5.82 Å². The molecule has 2 aromatic heterocycles. The molecule has 0 fully saturated rings. The molecule has 8 heteroatoms. The van der Waals surface area contributed by atoms with Gasteiger partial charge in [-0.05, 0) is 34.1 Å². The molecule has 2 N–H and O–H groups in total. The van der Waals surface area contributed by atoms with E-state index in [1.165, 1.54) is 29.8 Å². The summed E-state index contributed by atoms with van der Waals surface area (Å²) >= 11 is 3.24. The second-order valence-corrected chi connectivity index (χ2v) is 5.08. The van der Waals surface area contributed by atoms with E-state index < -0.39 is 11.2 Å². The van der Waals surface area contributed by atoms with Crippen LogP contribution < -0.4 is 11.2 Å². The van der Waals surface area contributed by atoms with Gasteiger partial charge >= 0.3 is 5.69 Å². The zero-order valence-electron chi connectivity index (χ0n) is 10.2. The van der Waals surface area contributed by atoms with Crippen LogP contribution in [0.5, 0.6) is 0 Å². The lowest BCUT2D eigenvalue weighted by molar-refractivity contribution is 0.627. The van der Waals surface area contributed by atoms with E-state index in [9.17, 15) is 14.0 Å². The summed E-state index contributed by atoms with van der Waals surface area (Å²) in [5, 5.41) is 0. The van der Waals surface area contributed by atoms with Crippen LogP contribution >= 0.6 is 15.9 Å². The number of nitrogens with zero attached hydrogens (tertiary/aromatic N) is 2. The highest BCUT2D eigenvalue weighted by Crippen LogP contribution is 2.27. The highest BCUT2D eigenvalue weighted by atomic mass is 79.9. The molecular formula is C12H8BrFN4O2. The van der Waals surface area contributed by atoms with Gasteiger partial charge in [0.25, 0.3) is 5.56 Å². The first kappa shape index (κ1) is 12.8. The molecule has 3 aromatic rings. The normalized spacial score (nSPS) is 11.2. The van der Waals surface area contributed by atoms with Crippen LogP contribution in [0.2, 0.25) is 0 Å². The second kappa shape index (κ2) is 4.41. The first-order valence-corrected chi connectivity index (χ1v) is 6.41. The fourth-order valence-electron chi connectivity index (χ4n) is 1.91. The third kappa shape index (κ3) is 1.88. The average Bonchev–Trinajstić information content (AvgIpc) is 2.81. The Morgan fingerprint density at radius 2 is 2.05 bits per heavy atom. The maximum absolute atomic E-state index is 13.1. The van der Waals surface area contributed by atoms with E-state index in [0.29, 0.717) is 15.9 Å². The van der Waals surface area contributed by atoms with Crippen molar-refractivity contribution in [2.45, 2.75) is 0 Å². The van der Waals surface area contributed by atoms with Crippen LogP contribution in [0.3, 0.4) is 0 Å². The van der Waals surface area contributed by atoms with Crippen molar-refractivity contribution in [3.63, 3.8) is 0 Å². The van der Waals surface area contributed by atoms with E-state index >= 15 is 0 Å². The van der Waals surface area contributed by atoms with Gasteiger partial charge in [-0.2, -0.15) is 0 Å². The average molecular weight is 339 g/mol. The van der Waals surface area contributed by atoms with Crippen LogP contribution in [0.15, 0.2) is 32.3 Å². The Labute approximate surface area is 119 Å². The van der Waals surface area contributed by atoms with Crippen molar-refractivity contribution >= 4 is 27.1 Å². The topological polar surface area (TPSA) is 83.5 Å². The summed E-state index contributed by atoms with van der Waals surface area (Å²) in [5.74, 6) is -0.0134. The zero-order chi connectivity index (χ0) is 14.4. The molecular weight excluding hydrogens is 331 g/mol. The van der Waals surface area contributed by atoms with Gasteiger partial charge in [-0.3, -0.25) is 14.3 Å². The molecule has 20 heavy (non-hydrogen) atoms.